The first-order chi connectivity index (χ1) is 8.08. The summed E-state index contributed by atoms with van der Waals surface area (Å²) in [5.41, 5.74) is 1.01. The lowest BCUT2D eigenvalue weighted by molar-refractivity contribution is 0.0504. The highest BCUT2D eigenvalue weighted by Crippen LogP contribution is 2.29. The van der Waals surface area contributed by atoms with Crippen molar-refractivity contribution in [2.45, 2.75) is 18.4 Å². The summed E-state index contributed by atoms with van der Waals surface area (Å²) < 4.78 is 0. The molecule has 92 valence electrons. The molecule has 1 aliphatic rings. The third-order valence-corrected chi connectivity index (χ3v) is 3.40. The van der Waals surface area contributed by atoms with E-state index in [-0.39, 0.29) is 12.5 Å². The Balaban J connectivity index is 2.09. The van der Waals surface area contributed by atoms with Crippen molar-refractivity contribution >= 4 is 17.7 Å². The minimum atomic E-state index is -0.974. The van der Waals surface area contributed by atoms with Gasteiger partial charge in [0.1, 0.15) is 0 Å². The van der Waals surface area contributed by atoms with E-state index in [4.69, 9.17) is 16.7 Å². The molecule has 0 radical (unpaired) electrons. The first-order valence-corrected chi connectivity index (χ1v) is 5.87. The second-order valence-corrected chi connectivity index (χ2v) is 4.68. The number of aliphatic hydroxyl groups is 1. The summed E-state index contributed by atoms with van der Waals surface area (Å²) in [6.07, 6.45) is -0.991. The van der Waals surface area contributed by atoms with Crippen molar-refractivity contribution in [3.8, 4) is 0 Å². The van der Waals surface area contributed by atoms with E-state index in [0.29, 0.717) is 18.0 Å². The molecule has 1 aromatic rings. The number of hydrogen-bond donors (Lipinski definition) is 2. The van der Waals surface area contributed by atoms with Gasteiger partial charge >= 0.3 is 6.09 Å². The third-order valence-electron chi connectivity index (χ3n) is 3.15. The number of rotatable bonds is 1. The Kier molecular flexibility index (Phi) is 3.54. The molecule has 1 fully saturated rings. The second-order valence-electron chi connectivity index (χ2n) is 4.24. The van der Waals surface area contributed by atoms with Crippen LogP contribution in [0.5, 0.6) is 0 Å². The van der Waals surface area contributed by atoms with Crippen LogP contribution >= 0.6 is 11.6 Å². The van der Waals surface area contributed by atoms with Crippen LogP contribution in [0.15, 0.2) is 24.3 Å². The smallest absolute Gasteiger partial charge is 0.407 e. The molecule has 0 spiro atoms. The molecule has 2 unspecified atom stereocenters. The summed E-state index contributed by atoms with van der Waals surface area (Å²) in [4.78, 5) is 12.0. The average Bonchev–Trinajstić information content (AvgIpc) is 2.30. The van der Waals surface area contributed by atoms with Gasteiger partial charge in [0, 0.05) is 17.5 Å². The summed E-state index contributed by atoms with van der Waals surface area (Å²) in [5, 5.41) is 19.5. The van der Waals surface area contributed by atoms with Gasteiger partial charge in [-0.15, -0.1) is 0 Å². The van der Waals surface area contributed by atoms with E-state index in [9.17, 15) is 9.90 Å². The van der Waals surface area contributed by atoms with Crippen molar-refractivity contribution in [3.63, 3.8) is 0 Å². The molecule has 2 rings (SSSR count). The SMILES string of the molecule is O=C(O)N1CCC(c2ccc(Cl)cc2)C(O)C1. The monoisotopic (exact) mass is 255 g/mol. The zero-order valence-corrected chi connectivity index (χ0v) is 9.97. The van der Waals surface area contributed by atoms with Gasteiger partial charge in [0.25, 0.3) is 0 Å². The minimum absolute atomic E-state index is 0.0112. The van der Waals surface area contributed by atoms with E-state index in [1.165, 1.54) is 4.90 Å². The normalized spacial score (nSPS) is 24.7. The van der Waals surface area contributed by atoms with E-state index in [2.05, 4.69) is 0 Å². The predicted octanol–water partition coefficient (Wildman–Crippen LogP) is 2.17. The fourth-order valence-electron chi connectivity index (χ4n) is 2.20. The molecule has 1 saturated heterocycles. The van der Waals surface area contributed by atoms with Gasteiger partial charge in [0.2, 0.25) is 0 Å². The van der Waals surface area contributed by atoms with Gasteiger partial charge in [0.05, 0.1) is 12.6 Å². The standard InChI is InChI=1S/C12H14ClNO3/c13-9-3-1-8(2-4-9)10-5-6-14(12(16)17)7-11(10)15/h1-4,10-11,15H,5-7H2,(H,16,17). The zero-order valence-electron chi connectivity index (χ0n) is 9.21. The highest BCUT2D eigenvalue weighted by Gasteiger charge is 2.30. The van der Waals surface area contributed by atoms with E-state index < -0.39 is 12.2 Å². The molecular formula is C12H14ClNO3. The van der Waals surface area contributed by atoms with Gasteiger partial charge in [0.15, 0.2) is 0 Å². The zero-order chi connectivity index (χ0) is 12.4. The maximum Gasteiger partial charge on any atom is 0.407 e. The molecule has 1 amide bonds. The number of amides is 1. The van der Waals surface area contributed by atoms with Gasteiger partial charge in [-0.05, 0) is 24.1 Å². The molecule has 4 nitrogen and oxygen atoms in total. The fraction of sp³-hybridized carbons (Fsp3) is 0.417. The number of β-amino-alcohol motifs (C(OH)–C–C–N with tert-alkyl or cyclic N) is 1. The van der Waals surface area contributed by atoms with Gasteiger partial charge in [-0.25, -0.2) is 4.79 Å². The highest BCUT2D eigenvalue weighted by atomic mass is 35.5. The van der Waals surface area contributed by atoms with Crippen LogP contribution in [0.3, 0.4) is 0 Å². The van der Waals surface area contributed by atoms with Crippen LogP contribution in [-0.4, -0.2) is 40.4 Å². The maximum atomic E-state index is 10.8. The average molecular weight is 256 g/mol. The van der Waals surface area contributed by atoms with Crippen molar-refractivity contribution in [3.05, 3.63) is 34.9 Å². The van der Waals surface area contributed by atoms with Gasteiger partial charge < -0.3 is 15.1 Å². The summed E-state index contributed by atoms with van der Waals surface area (Å²) in [6, 6.07) is 7.33. The van der Waals surface area contributed by atoms with Crippen molar-refractivity contribution < 1.29 is 15.0 Å². The number of nitrogens with zero attached hydrogens (tertiary/aromatic N) is 1. The largest absolute Gasteiger partial charge is 0.465 e. The van der Waals surface area contributed by atoms with Crippen LogP contribution in [0.1, 0.15) is 17.9 Å². The number of piperidine rings is 1. The molecule has 0 aromatic heterocycles. The minimum Gasteiger partial charge on any atom is -0.465 e. The molecule has 0 bridgehead atoms. The molecule has 2 N–H and O–H groups in total. The molecule has 17 heavy (non-hydrogen) atoms. The summed E-state index contributed by atoms with van der Waals surface area (Å²) in [5.74, 6) is -0.0112. The number of benzene rings is 1. The summed E-state index contributed by atoms with van der Waals surface area (Å²) >= 11 is 5.80. The number of carbonyl (C=O) groups is 1. The van der Waals surface area contributed by atoms with Crippen LogP contribution < -0.4 is 0 Å². The highest BCUT2D eigenvalue weighted by molar-refractivity contribution is 6.30. The molecular weight excluding hydrogens is 242 g/mol. The van der Waals surface area contributed by atoms with E-state index >= 15 is 0 Å². The van der Waals surface area contributed by atoms with Gasteiger partial charge in [-0.1, -0.05) is 23.7 Å². The lowest BCUT2D eigenvalue weighted by Gasteiger charge is -2.34. The molecule has 1 heterocycles. The predicted molar refractivity (Wildman–Crippen MR) is 64.4 cm³/mol. The topological polar surface area (TPSA) is 60.8 Å². The number of aliphatic hydroxyl groups excluding tert-OH is 1. The Morgan fingerprint density at radius 2 is 2.00 bits per heavy atom. The van der Waals surface area contributed by atoms with Crippen molar-refractivity contribution in [1.82, 2.24) is 4.90 Å². The van der Waals surface area contributed by atoms with Crippen LogP contribution in [-0.2, 0) is 0 Å². The molecule has 0 saturated carbocycles. The quantitative estimate of drug-likeness (QED) is 0.809. The van der Waals surface area contributed by atoms with Crippen LogP contribution in [0.2, 0.25) is 5.02 Å². The maximum absolute atomic E-state index is 10.8. The van der Waals surface area contributed by atoms with Crippen LogP contribution in [0.25, 0.3) is 0 Å². The Labute approximate surface area is 104 Å². The summed E-state index contributed by atoms with van der Waals surface area (Å²) in [7, 11) is 0. The molecule has 0 aliphatic carbocycles. The lowest BCUT2D eigenvalue weighted by Crippen LogP contribution is -2.45. The van der Waals surface area contributed by atoms with E-state index in [0.717, 1.165) is 5.56 Å². The Morgan fingerprint density at radius 1 is 1.35 bits per heavy atom. The van der Waals surface area contributed by atoms with Crippen molar-refractivity contribution in [2.24, 2.45) is 0 Å². The number of halogens is 1. The summed E-state index contributed by atoms with van der Waals surface area (Å²) in [6.45, 7) is 0.627. The van der Waals surface area contributed by atoms with Crippen LogP contribution in [0, 0.1) is 0 Å². The molecule has 2 atom stereocenters. The number of likely N-dealkylation sites (tertiary alicyclic amines) is 1. The fourth-order valence-corrected chi connectivity index (χ4v) is 2.33. The third kappa shape index (κ3) is 2.70. The number of carboxylic acid groups (broad SMARTS) is 1. The lowest BCUT2D eigenvalue weighted by atomic mass is 9.87. The van der Waals surface area contributed by atoms with Crippen molar-refractivity contribution in [1.29, 1.82) is 0 Å². The first-order valence-electron chi connectivity index (χ1n) is 5.49. The molecule has 5 heteroatoms. The molecule has 1 aromatic carbocycles. The van der Waals surface area contributed by atoms with Crippen molar-refractivity contribution in [2.75, 3.05) is 13.1 Å². The number of hydrogen-bond acceptors (Lipinski definition) is 2. The van der Waals surface area contributed by atoms with Gasteiger partial charge in [-0.2, -0.15) is 0 Å². The Bertz CT molecular complexity index is 407. The Hall–Kier alpha value is -1.26. The second kappa shape index (κ2) is 4.94. The Morgan fingerprint density at radius 3 is 2.53 bits per heavy atom. The van der Waals surface area contributed by atoms with E-state index in [1.807, 2.05) is 12.1 Å². The first kappa shape index (κ1) is 12.2. The van der Waals surface area contributed by atoms with Crippen LogP contribution in [0.4, 0.5) is 4.79 Å². The van der Waals surface area contributed by atoms with E-state index in [1.54, 1.807) is 12.1 Å². The molecule has 1 aliphatic heterocycles. The van der Waals surface area contributed by atoms with Gasteiger partial charge in [-0.3, -0.25) is 0 Å².